The van der Waals surface area contributed by atoms with E-state index in [0.29, 0.717) is 11.5 Å². The third-order valence-electron chi connectivity index (χ3n) is 1.75. The lowest BCUT2D eigenvalue weighted by molar-refractivity contribution is -0.131. The Bertz CT molecular complexity index is 336. The minimum Gasteiger partial charge on any atom is -0.396 e. The predicted octanol–water partition coefficient (Wildman–Crippen LogP) is 2.34. The van der Waals surface area contributed by atoms with Gasteiger partial charge in [-0.3, -0.25) is 0 Å². The first-order chi connectivity index (χ1) is 6.88. The molecule has 0 atom stereocenters. The number of rotatable bonds is 3. The van der Waals surface area contributed by atoms with E-state index in [4.69, 9.17) is 5.73 Å². The van der Waals surface area contributed by atoms with Gasteiger partial charge in [-0.1, -0.05) is 0 Å². The predicted molar refractivity (Wildman–Crippen MR) is 52.5 cm³/mol. The van der Waals surface area contributed by atoms with Gasteiger partial charge in [0, 0.05) is 12.7 Å². The van der Waals surface area contributed by atoms with E-state index in [2.05, 4.69) is 10.3 Å². The van der Waals surface area contributed by atoms with Crippen LogP contribution in [0.3, 0.4) is 0 Å². The topological polar surface area (TPSA) is 50.9 Å². The van der Waals surface area contributed by atoms with Gasteiger partial charge in [0.15, 0.2) is 0 Å². The molecule has 1 heterocycles. The van der Waals surface area contributed by atoms with Crippen LogP contribution < -0.4 is 11.1 Å². The third-order valence-corrected chi connectivity index (χ3v) is 1.75. The third kappa shape index (κ3) is 4.05. The summed E-state index contributed by atoms with van der Waals surface area (Å²) in [4.78, 5) is 3.89. The summed E-state index contributed by atoms with van der Waals surface area (Å²) in [7, 11) is 0. The molecule has 0 aromatic carbocycles. The number of nitrogens with zero attached hydrogens (tertiary/aromatic N) is 1. The number of aromatic nitrogens is 1. The second-order valence-electron chi connectivity index (χ2n) is 3.24. The molecule has 1 aromatic heterocycles. The summed E-state index contributed by atoms with van der Waals surface area (Å²) in [5, 5.41) is 2.54. The second-order valence-corrected chi connectivity index (χ2v) is 3.24. The van der Waals surface area contributed by atoms with Gasteiger partial charge in [-0.05, 0) is 18.6 Å². The van der Waals surface area contributed by atoms with Gasteiger partial charge in [-0.2, -0.15) is 13.2 Å². The number of hydrogen-bond acceptors (Lipinski definition) is 3. The fourth-order valence-corrected chi connectivity index (χ4v) is 1.06. The molecule has 0 bridgehead atoms. The van der Waals surface area contributed by atoms with Crippen LogP contribution in [0.1, 0.15) is 12.0 Å². The average Bonchev–Trinajstić information content (AvgIpc) is 2.07. The van der Waals surface area contributed by atoms with E-state index >= 15 is 0 Å². The Morgan fingerprint density at radius 2 is 2.13 bits per heavy atom. The van der Waals surface area contributed by atoms with Crippen LogP contribution >= 0.6 is 0 Å². The lowest BCUT2D eigenvalue weighted by Crippen LogP contribution is -2.15. The first-order valence-electron chi connectivity index (χ1n) is 4.41. The first-order valence-corrected chi connectivity index (χ1v) is 4.41. The van der Waals surface area contributed by atoms with Crippen LogP contribution in [-0.4, -0.2) is 17.7 Å². The average molecular weight is 219 g/mol. The number of aryl methyl sites for hydroxylation is 1. The number of hydrogen-bond donors (Lipinski definition) is 2. The number of nitrogen functional groups attached to an aromatic ring is 1. The molecule has 0 aliphatic rings. The summed E-state index contributed by atoms with van der Waals surface area (Å²) < 4.78 is 35.5. The maximum atomic E-state index is 11.8. The Kier molecular flexibility index (Phi) is 3.39. The van der Waals surface area contributed by atoms with Crippen LogP contribution in [0.25, 0.3) is 0 Å². The van der Waals surface area contributed by atoms with Crippen LogP contribution in [0, 0.1) is 6.92 Å². The fourth-order valence-electron chi connectivity index (χ4n) is 1.06. The van der Waals surface area contributed by atoms with Crippen LogP contribution in [0.15, 0.2) is 12.3 Å². The molecule has 0 radical (unpaired) electrons. The van der Waals surface area contributed by atoms with Gasteiger partial charge in [-0.15, -0.1) is 0 Å². The molecule has 3 N–H and O–H groups in total. The minimum atomic E-state index is -4.16. The quantitative estimate of drug-likeness (QED) is 0.820. The largest absolute Gasteiger partial charge is 0.396 e. The summed E-state index contributed by atoms with van der Waals surface area (Å²) >= 11 is 0. The van der Waals surface area contributed by atoms with Crippen molar-refractivity contribution in [2.24, 2.45) is 0 Å². The van der Waals surface area contributed by atoms with E-state index in [-0.39, 0.29) is 6.54 Å². The molecule has 84 valence electrons. The van der Waals surface area contributed by atoms with Gasteiger partial charge in [0.25, 0.3) is 0 Å². The first kappa shape index (κ1) is 11.6. The molecule has 6 heteroatoms. The number of alkyl halides is 3. The molecular formula is C9H12F3N3. The molecule has 0 spiro atoms. The van der Waals surface area contributed by atoms with Crippen LogP contribution in [0.4, 0.5) is 24.7 Å². The zero-order chi connectivity index (χ0) is 11.5. The van der Waals surface area contributed by atoms with Crippen molar-refractivity contribution in [2.45, 2.75) is 19.5 Å². The highest BCUT2D eigenvalue weighted by Crippen LogP contribution is 2.20. The number of nitrogens with one attached hydrogen (secondary N) is 1. The number of pyridine rings is 1. The molecule has 0 saturated carbocycles. The van der Waals surface area contributed by atoms with E-state index in [1.54, 1.807) is 12.3 Å². The van der Waals surface area contributed by atoms with E-state index in [0.717, 1.165) is 5.56 Å². The highest BCUT2D eigenvalue weighted by molar-refractivity contribution is 5.61. The van der Waals surface area contributed by atoms with Crippen LogP contribution in [0.2, 0.25) is 0 Å². The van der Waals surface area contributed by atoms with Crippen molar-refractivity contribution >= 4 is 11.5 Å². The summed E-state index contributed by atoms with van der Waals surface area (Å²) in [5.41, 5.74) is 6.79. The molecule has 0 amide bonds. The Morgan fingerprint density at radius 3 is 2.67 bits per heavy atom. The second kappa shape index (κ2) is 4.37. The van der Waals surface area contributed by atoms with Gasteiger partial charge in [0.05, 0.1) is 12.1 Å². The Hall–Kier alpha value is -1.46. The van der Waals surface area contributed by atoms with Gasteiger partial charge in [0.2, 0.25) is 0 Å². The zero-order valence-electron chi connectivity index (χ0n) is 8.23. The maximum Gasteiger partial charge on any atom is 0.390 e. The molecule has 0 unspecified atom stereocenters. The van der Waals surface area contributed by atoms with E-state index in [1.165, 1.54) is 0 Å². The maximum absolute atomic E-state index is 11.8. The molecule has 0 aliphatic carbocycles. The molecule has 3 nitrogen and oxygen atoms in total. The van der Waals surface area contributed by atoms with E-state index in [1.807, 2.05) is 6.92 Å². The van der Waals surface area contributed by atoms with Crippen LogP contribution in [-0.2, 0) is 0 Å². The summed E-state index contributed by atoms with van der Waals surface area (Å²) in [6.07, 6.45) is -3.51. The fraction of sp³-hybridized carbons (Fsp3) is 0.444. The molecule has 15 heavy (non-hydrogen) atoms. The van der Waals surface area contributed by atoms with Gasteiger partial charge in [-0.25, -0.2) is 4.98 Å². The highest BCUT2D eigenvalue weighted by atomic mass is 19.4. The zero-order valence-corrected chi connectivity index (χ0v) is 8.23. The Balaban J connectivity index is 2.51. The molecule has 1 rings (SSSR count). The van der Waals surface area contributed by atoms with Crippen molar-refractivity contribution in [3.63, 3.8) is 0 Å². The number of halogens is 3. The monoisotopic (exact) mass is 219 g/mol. The molecular weight excluding hydrogens is 207 g/mol. The highest BCUT2D eigenvalue weighted by Gasteiger charge is 2.26. The molecule has 0 fully saturated rings. The van der Waals surface area contributed by atoms with Crippen LogP contribution in [0.5, 0.6) is 0 Å². The standard InChI is InChI=1S/C9H12F3N3/c1-6-4-7(13)8(15-5-6)14-3-2-9(10,11)12/h4-5H,2-3,13H2,1H3,(H,14,15). The van der Waals surface area contributed by atoms with Gasteiger partial charge >= 0.3 is 6.18 Å². The van der Waals surface area contributed by atoms with E-state index in [9.17, 15) is 13.2 Å². The van der Waals surface area contributed by atoms with Crippen molar-refractivity contribution in [1.29, 1.82) is 0 Å². The molecule has 1 aromatic rings. The van der Waals surface area contributed by atoms with Crippen molar-refractivity contribution in [1.82, 2.24) is 4.98 Å². The smallest absolute Gasteiger partial charge is 0.390 e. The molecule has 0 aliphatic heterocycles. The summed E-state index contributed by atoms with van der Waals surface area (Å²) in [5.74, 6) is 0.296. The van der Waals surface area contributed by atoms with Crippen molar-refractivity contribution in [3.05, 3.63) is 17.8 Å². The minimum absolute atomic E-state index is 0.218. The Labute approximate surface area is 85.5 Å². The van der Waals surface area contributed by atoms with Crippen molar-refractivity contribution in [2.75, 3.05) is 17.6 Å². The SMILES string of the molecule is Cc1cnc(NCCC(F)(F)F)c(N)c1. The lowest BCUT2D eigenvalue weighted by atomic mass is 10.3. The number of nitrogens with two attached hydrogens (primary N) is 1. The summed E-state index contributed by atoms with van der Waals surface area (Å²) in [6, 6.07) is 1.66. The van der Waals surface area contributed by atoms with Gasteiger partial charge in [0.1, 0.15) is 5.82 Å². The number of anilines is 2. The van der Waals surface area contributed by atoms with E-state index < -0.39 is 12.6 Å². The molecule has 0 saturated heterocycles. The van der Waals surface area contributed by atoms with Crippen molar-refractivity contribution in [3.8, 4) is 0 Å². The normalized spacial score (nSPS) is 11.5. The Morgan fingerprint density at radius 1 is 1.47 bits per heavy atom. The van der Waals surface area contributed by atoms with Gasteiger partial charge < -0.3 is 11.1 Å². The van der Waals surface area contributed by atoms with Crippen molar-refractivity contribution < 1.29 is 13.2 Å². The summed E-state index contributed by atoms with van der Waals surface area (Å²) in [6.45, 7) is 1.59. The lowest BCUT2D eigenvalue weighted by Gasteiger charge is -2.10.